The molecule has 28 heavy (non-hydrogen) atoms. The van der Waals surface area contributed by atoms with E-state index in [1.54, 1.807) is 0 Å². The van der Waals surface area contributed by atoms with Gasteiger partial charge in [-0.15, -0.1) is 0 Å². The van der Waals surface area contributed by atoms with Gasteiger partial charge in [0.2, 0.25) is 5.91 Å². The molecule has 0 saturated heterocycles. The maximum Gasteiger partial charge on any atom is 0.241 e. The predicted molar refractivity (Wildman–Crippen MR) is 104 cm³/mol. The van der Waals surface area contributed by atoms with Crippen LogP contribution in [0.2, 0.25) is 5.02 Å². The number of hydrogen-bond acceptors (Lipinski definition) is 3. The molecule has 0 unspecified atom stereocenters. The molecular weight excluding hydrogens is 388 g/mol. The first-order chi connectivity index (χ1) is 13.3. The SMILES string of the molecule is Cc1c(-c2cc(F)c(NC(=O)[C@@H](N)C3CCCCC3)cc2F)c(Cl)cc[n+]1[O-]. The molecule has 2 aromatic rings. The van der Waals surface area contributed by atoms with Crippen molar-refractivity contribution >= 4 is 23.2 Å². The van der Waals surface area contributed by atoms with Crippen molar-refractivity contribution in [3.8, 4) is 11.1 Å². The molecule has 5 nitrogen and oxygen atoms in total. The van der Waals surface area contributed by atoms with E-state index in [9.17, 15) is 18.8 Å². The maximum absolute atomic E-state index is 14.7. The Labute approximate surface area is 167 Å². The molecule has 0 bridgehead atoms. The summed E-state index contributed by atoms with van der Waals surface area (Å²) in [4.78, 5) is 12.4. The van der Waals surface area contributed by atoms with Crippen LogP contribution in [0.5, 0.6) is 0 Å². The summed E-state index contributed by atoms with van der Waals surface area (Å²) >= 11 is 6.08. The molecule has 1 aromatic heterocycles. The van der Waals surface area contributed by atoms with Gasteiger partial charge in [0.25, 0.3) is 0 Å². The van der Waals surface area contributed by atoms with Crippen molar-refractivity contribution < 1.29 is 18.3 Å². The highest BCUT2D eigenvalue weighted by Crippen LogP contribution is 2.34. The van der Waals surface area contributed by atoms with Crippen LogP contribution in [-0.4, -0.2) is 11.9 Å². The third-order valence-corrected chi connectivity index (χ3v) is 5.65. The van der Waals surface area contributed by atoms with Crippen LogP contribution in [0.4, 0.5) is 14.5 Å². The van der Waals surface area contributed by atoms with Crippen LogP contribution in [0.3, 0.4) is 0 Å². The molecule has 0 radical (unpaired) electrons. The third kappa shape index (κ3) is 4.10. The van der Waals surface area contributed by atoms with Gasteiger partial charge >= 0.3 is 0 Å². The molecule has 0 spiro atoms. The van der Waals surface area contributed by atoms with Gasteiger partial charge < -0.3 is 16.3 Å². The zero-order valence-electron chi connectivity index (χ0n) is 15.5. The molecule has 1 saturated carbocycles. The van der Waals surface area contributed by atoms with Crippen LogP contribution in [0.15, 0.2) is 24.4 Å². The molecular formula is C20H22ClF2N3O2. The summed E-state index contributed by atoms with van der Waals surface area (Å²) in [6.07, 6.45) is 6.05. The minimum absolute atomic E-state index is 0.0409. The third-order valence-electron chi connectivity index (χ3n) is 5.33. The molecule has 150 valence electrons. The van der Waals surface area contributed by atoms with E-state index in [1.807, 2.05) is 0 Å². The number of hydrogen-bond donors (Lipinski definition) is 2. The van der Waals surface area contributed by atoms with Gasteiger partial charge in [-0.25, -0.2) is 8.78 Å². The van der Waals surface area contributed by atoms with Crippen molar-refractivity contribution in [2.45, 2.75) is 45.1 Å². The first kappa shape index (κ1) is 20.5. The van der Waals surface area contributed by atoms with Crippen LogP contribution in [-0.2, 0) is 4.79 Å². The number of nitrogens with zero attached hydrogens (tertiary/aromatic N) is 1. The minimum atomic E-state index is -0.836. The van der Waals surface area contributed by atoms with Gasteiger partial charge in [0.05, 0.1) is 22.3 Å². The number of carbonyl (C=O) groups excluding carboxylic acids is 1. The van der Waals surface area contributed by atoms with Gasteiger partial charge in [-0.1, -0.05) is 30.9 Å². The van der Waals surface area contributed by atoms with Crippen LogP contribution in [0, 0.1) is 29.7 Å². The van der Waals surface area contributed by atoms with Crippen LogP contribution < -0.4 is 15.8 Å². The summed E-state index contributed by atoms with van der Waals surface area (Å²) in [5.41, 5.74) is 5.82. The number of benzene rings is 1. The summed E-state index contributed by atoms with van der Waals surface area (Å²) in [6.45, 7) is 1.46. The monoisotopic (exact) mass is 409 g/mol. The van der Waals surface area contributed by atoms with E-state index in [1.165, 1.54) is 19.2 Å². The molecule has 1 atom stereocenters. The number of amides is 1. The van der Waals surface area contributed by atoms with Crippen molar-refractivity contribution in [3.63, 3.8) is 0 Å². The van der Waals surface area contributed by atoms with E-state index >= 15 is 0 Å². The van der Waals surface area contributed by atoms with Crippen LogP contribution >= 0.6 is 11.6 Å². The molecule has 0 aliphatic heterocycles. The fourth-order valence-electron chi connectivity index (χ4n) is 3.69. The largest absolute Gasteiger partial charge is 0.618 e. The predicted octanol–water partition coefficient (Wildman–Crippen LogP) is 4.07. The Morgan fingerprint density at radius 2 is 1.96 bits per heavy atom. The van der Waals surface area contributed by atoms with Crippen molar-refractivity contribution in [1.82, 2.24) is 0 Å². The lowest BCUT2D eigenvalue weighted by Crippen LogP contribution is -2.42. The highest BCUT2D eigenvalue weighted by molar-refractivity contribution is 6.33. The van der Waals surface area contributed by atoms with Gasteiger partial charge in [0, 0.05) is 24.6 Å². The molecule has 1 aromatic carbocycles. The highest BCUT2D eigenvalue weighted by Gasteiger charge is 2.27. The molecule has 1 heterocycles. The van der Waals surface area contributed by atoms with Crippen molar-refractivity contribution in [2.75, 3.05) is 5.32 Å². The van der Waals surface area contributed by atoms with Gasteiger partial charge in [-0.3, -0.25) is 4.79 Å². The summed E-state index contributed by atoms with van der Waals surface area (Å²) in [6, 6.07) is 2.35. The topological polar surface area (TPSA) is 82.1 Å². The Morgan fingerprint density at radius 3 is 2.64 bits per heavy atom. The molecule has 1 fully saturated rings. The van der Waals surface area contributed by atoms with E-state index in [0.29, 0.717) is 4.73 Å². The number of halogens is 3. The molecule has 3 rings (SSSR count). The lowest BCUT2D eigenvalue weighted by atomic mass is 9.84. The number of anilines is 1. The minimum Gasteiger partial charge on any atom is -0.618 e. The molecule has 3 N–H and O–H groups in total. The Balaban J connectivity index is 1.86. The standard InChI is InChI=1S/C20H22ClF2N3O2/c1-11-18(14(21)7-8-26(11)28)13-9-16(23)17(10-15(13)22)25-20(27)19(24)12-5-3-2-4-6-12/h7-10,12,19H,2-6,24H2,1H3,(H,25,27)/t19-/m0/s1. The Kier molecular flexibility index (Phi) is 6.15. The fraction of sp³-hybridized carbons (Fsp3) is 0.400. The van der Waals surface area contributed by atoms with Gasteiger partial charge in [0.15, 0.2) is 11.9 Å². The van der Waals surface area contributed by atoms with Crippen LogP contribution in [0.1, 0.15) is 37.8 Å². The lowest BCUT2D eigenvalue weighted by Gasteiger charge is -2.26. The summed E-state index contributed by atoms with van der Waals surface area (Å²) in [7, 11) is 0. The Bertz CT molecular complexity index is 902. The molecule has 1 aliphatic carbocycles. The van der Waals surface area contributed by atoms with E-state index in [0.717, 1.165) is 44.2 Å². The van der Waals surface area contributed by atoms with Gasteiger partial charge in [0.1, 0.15) is 11.6 Å². The summed E-state index contributed by atoms with van der Waals surface area (Å²) < 4.78 is 29.8. The zero-order valence-corrected chi connectivity index (χ0v) is 16.2. The van der Waals surface area contributed by atoms with Crippen LogP contribution in [0.25, 0.3) is 11.1 Å². The second-order valence-corrected chi connectivity index (χ2v) is 7.58. The zero-order chi connectivity index (χ0) is 20.4. The first-order valence-corrected chi connectivity index (χ1v) is 9.61. The van der Waals surface area contributed by atoms with Gasteiger partial charge in [-0.2, -0.15) is 4.73 Å². The van der Waals surface area contributed by atoms with Crippen molar-refractivity contribution in [1.29, 1.82) is 0 Å². The van der Waals surface area contributed by atoms with E-state index in [4.69, 9.17) is 17.3 Å². The first-order valence-electron chi connectivity index (χ1n) is 9.23. The van der Waals surface area contributed by atoms with E-state index < -0.39 is 23.6 Å². The number of rotatable bonds is 4. The summed E-state index contributed by atoms with van der Waals surface area (Å²) in [5.74, 6) is -2.14. The molecule has 1 amide bonds. The fourth-order valence-corrected chi connectivity index (χ4v) is 3.99. The summed E-state index contributed by atoms with van der Waals surface area (Å²) in [5, 5.41) is 14.3. The number of nitrogens with one attached hydrogen (secondary N) is 1. The second-order valence-electron chi connectivity index (χ2n) is 7.17. The second kappa shape index (κ2) is 8.41. The van der Waals surface area contributed by atoms with Crippen molar-refractivity contribution in [2.24, 2.45) is 11.7 Å². The Hall–Kier alpha value is -2.25. The number of carbonyl (C=O) groups is 1. The highest BCUT2D eigenvalue weighted by atomic mass is 35.5. The number of pyridine rings is 1. The number of aromatic nitrogens is 1. The van der Waals surface area contributed by atoms with Crippen molar-refractivity contribution in [3.05, 3.63) is 52.0 Å². The maximum atomic E-state index is 14.7. The Morgan fingerprint density at radius 1 is 1.29 bits per heavy atom. The molecule has 1 aliphatic rings. The average molecular weight is 410 g/mol. The number of nitrogens with two attached hydrogens (primary N) is 1. The normalized spacial score (nSPS) is 16.0. The average Bonchev–Trinajstić information content (AvgIpc) is 2.68. The van der Waals surface area contributed by atoms with E-state index in [-0.39, 0.29) is 33.4 Å². The lowest BCUT2D eigenvalue weighted by molar-refractivity contribution is -0.611. The van der Waals surface area contributed by atoms with Gasteiger partial charge in [-0.05, 0) is 24.8 Å². The molecule has 8 heteroatoms. The quantitative estimate of drug-likeness (QED) is 0.589. The van der Waals surface area contributed by atoms with E-state index in [2.05, 4.69) is 5.32 Å². The smallest absolute Gasteiger partial charge is 0.241 e.